The first-order valence-electron chi connectivity index (χ1n) is 6.21. The minimum Gasteiger partial charge on any atom is -0.352 e. The Hall–Kier alpha value is -1.42. The number of hydrogen-bond acceptors (Lipinski definition) is 3. The van der Waals surface area contributed by atoms with Crippen molar-refractivity contribution in [2.75, 3.05) is 13.1 Å². The molecule has 0 saturated heterocycles. The fourth-order valence-corrected chi connectivity index (χ4v) is 1.58. The zero-order chi connectivity index (χ0) is 12.5. The summed E-state index contributed by atoms with van der Waals surface area (Å²) in [6.07, 6.45) is 5.70. The van der Waals surface area contributed by atoms with Crippen LogP contribution in [0.5, 0.6) is 0 Å². The molecule has 4 heteroatoms. The molecule has 0 atom stereocenters. The van der Waals surface area contributed by atoms with Crippen molar-refractivity contribution in [3.8, 4) is 0 Å². The summed E-state index contributed by atoms with van der Waals surface area (Å²) in [5.74, 6) is -0.0261. The van der Waals surface area contributed by atoms with Crippen LogP contribution in [0.3, 0.4) is 0 Å². The lowest BCUT2D eigenvalue weighted by Gasteiger charge is -2.05. The van der Waals surface area contributed by atoms with Gasteiger partial charge in [-0.2, -0.15) is 0 Å². The summed E-state index contributed by atoms with van der Waals surface area (Å²) in [4.78, 5) is 16.0. The molecule has 1 amide bonds. The van der Waals surface area contributed by atoms with Gasteiger partial charge in [0, 0.05) is 30.4 Å². The van der Waals surface area contributed by atoms with Gasteiger partial charge in [-0.1, -0.05) is 19.8 Å². The highest BCUT2D eigenvalue weighted by Gasteiger charge is 2.05. The Morgan fingerprint density at radius 3 is 3.00 bits per heavy atom. The number of unbranched alkanes of at least 4 members (excludes halogenated alkanes) is 2. The number of pyridine rings is 1. The first-order valence-corrected chi connectivity index (χ1v) is 6.21. The lowest BCUT2D eigenvalue weighted by molar-refractivity contribution is 0.0952. The van der Waals surface area contributed by atoms with E-state index in [1.807, 2.05) is 6.07 Å². The third kappa shape index (κ3) is 4.95. The molecule has 0 aliphatic carbocycles. The molecule has 94 valence electrons. The van der Waals surface area contributed by atoms with Gasteiger partial charge in [0.15, 0.2) is 0 Å². The number of amides is 1. The molecule has 0 saturated carbocycles. The fraction of sp³-hybridized carbons (Fsp3) is 0.538. The standard InChI is InChI=1S/C13H21N3O/c1-2-3-4-8-16-13(17)11-6-9-15-12(10-11)5-7-14/h6,9-10H,2-5,7-8,14H2,1H3,(H,16,17). The summed E-state index contributed by atoms with van der Waals surface area (Å²) >= 11 is 0. The van der Waals surface area contributed by atoms with Crippen molar-refractivity contribution in [2.24, 2.45) is 5.73 Å². The van der Waals surface area contributed by atoms with Crippen LogP contribution in [0.4, 0.5) is 0 Å². The van der Waals surface area contributed by atoms with Crippen LogP contribution in [-0.2, 0) is 6.42 Å². The quantitative estimate of drug-likeness (QED) is 0.704. The smallest absolute Gasteiger partial charge is 0.251 e. The minimum absolute atomic E-state index is 0.0261. The predicted octanol–water partition coefficient (Wildman–Crippen LogP) is 1.50. The third-order valence-electron chi connectivity index (χ3n) is 2.55. The average Bonchev–Trinajstić information content (AvgIpc) is 2.35. The monoisotopic (exact) mass is 235 g/mol. The van der Waals surface area contributed by atoms with Crippen molar-refractivity contribution in [1.29, 1.82) is 0 Å². The van der Waals surface area contributed by atoms with E-state index in [9.17, 15) is 4.79 Å². The molecular formula is C13H21N3O. The third-order valence-corrected chi connectivity index (χ3v) is 2.55. The van der Waals surface area contributed by atoms with Gasteiger partial charge in [0.25, 0.3) is 5.91 Å². The molecule has 17 heavy (non-hydrogen) atoms. The summed E-state index contributed by atoms with van der Waals surface area (Å²) < 4.78 is 0. The van der Waals surface area contributed by atoms with Crippen LogP contribution in [0.2, 0.25) is 0 Å². The Morgan fingerprint density at radius 1 is 1.47 bits per heavy atom. The van der Waals surface area contributed by atoms with Crippen molar-refractivity contribution in [1.82, 2.24) is 10.3 Å². The molecule has 1 heterocycles. The molecule has 4 nitrogen and oxygen atoms in total. The molecule has 1 aromatic heterocycles. The van der Waals surface area contributed by atoms with E-state index < -0.39 is 0 Å². The van der Waals surface area contributed by atoms with Crippen molar-refractivity contribution < 1.29 is 4.79 Å². The van der Waals surface area contributed by atoms with E-state index in [2.05, 4.69) is 17.2 Å². The number of carbonyl (C=O) groups excluding carboxylic acids is 1. The van der Waals surface area contributed by atoms with Crippen LogP contribution in [0.15, 0.2) is 18.3 Å². The molecule has 0 unspecified atom stereocenters. The number of hydrogen-bond donors (Lipinski definition) is 2. The molecule has 0 aliphatic rings. The highest BCUT2D eigenvalue weighted by Crippen LogP contribution is 2.02. The number of aromatic nitrogens is 1. The lowest BCUT2D eigenvalue weighted by Crippen LogP contribution is -2.24. The largest absolute Gasteiger partial charge is 0.352 e. The van der Waals surface area contributed by atoms with Gasteiger partial charge in [0.1, 0.15) is 0 Å². The molecule has 0 spiro atoms. The van der Waals surface area contributed by atoms with Crippen LogP contribution in [0.25, 0.3) is 0 Å². The van der Waals surface area contributed by atoms with Crippen molar-refractivity contribution in [3.05, 3.63) is 29.6 Å². The van der Waals surface area contributed by atoms with Gasteiger partial charge in [-0.25, -0.2) is 0 Å². The van der Waals surface area contributed by atoms with E-state index in [-0.39, 0.29) is 5.91 Å². The Bertz CT molecular complexity index is 352. The van der Waals surface area contributed by atoms with Gasteiger partial charge in [0.2, 0.25) is 0 Å². The number of nitrogens with zero attached hydrogens (tertiary/aromatic N) is 1. The van der Waals surface area contributed by atoms with Gasteiger partial charge >= 0.3 is 0 Å². The van der Waals surface area contributed by atoms with Gasteiger partial charge in [-0.15, -0.1) is 0 Å². The van der Waals surface area contributed by atoms with Gasteiger partial charge in [-0.05, 0) is 25.1 Å². The Balaban J connectivity index is 2.47. The lowest BCUT2D eigenvalue weighted by atomic mass is 10.2. The molecule has 0 fully saturated rings. The maximum Gasteiger partial charge on any atom is 0.251 e. The van der Waals surface area contributed by atoms with Crippen LogP contribution in [0, 0.1) is 0 Å². The fourth-order valence-electron chi connectivity index (χ4n) is 1.58. The summed E-state index contributed by atoms with van der Waals surface area (Å²) in [6, 6.07) is 3.54. The normalized spacial score (nSPS) is 10.2. The van der Waals surface area contributed by atoms with Gasteiger partial charge in [-0.3, -0.25) is 9.78 Å². The Kier molecular flexibility index (Phi) is 6.25. The van der Waals surface area contributed by atoms with E-state index >= 15 is 0 Å². The number of rotatable bonds is 7. The summed E-state index contributed by atoms with van der Waals surface area (Å²) in [5.41, 5.74) is 7.00. The van der Waals surface area contributed by atoms with Crippen molar-refractivity contribution in [3.63, 3.8) is 0 Å². The molecule has 0 radical (unpaired) electrons. The maximum absolute atomic E-state index is 11.8. The number of nitrogens with one attached hydrogen (secondary N) is 1. The zero-order valence-corrected chi connectivity index (χ0v) is 10.4. The highest BCUT2D eigenvalue weighted by atomic mass is 16.1. The molecule has 0 aliphatic heterocycles. The Morgan fingerprint density at radius 2 is 2.29 bits per heavy atom. The summed E-state index contributed by atoms with van der Waals surface area (Å²) in [6.45, 7) is 3.43. The molecule has 1 rings (SSSR count). The van der Waals surface area contributed by atoms with Crippen molar-refractivity contribution in [2.45, 2.75) is 32.6 Å². The van der Waals surface area contributed by atoms with Crippen LogP contribution in [0.1, 0.15) is 42.2 Å². The van der Waals surface area contributed by atoms with Crippen LogP contribution < -0.4 is 11.1 Å². The van der Waals surface area contributed by atoms with E-state index in [1.54, 1.807) is 12.3 Å². The summed E-state index contributed by atoms with van der Waals surface area (Å²) in [5, 5.41) is 2.91. The maximum atomic E-state index is 11.8. The van der Waals surface area contributed by atoms with Crippen molar-refractivity contribution >= 4 is 5.91 Å². The second kappa shape index (κ2) is 7.79. The second-order valence-electron chi connectivity index (χ2n) is 4.04. The number of carbonyl (C=O) groups is 1. The first kappa shape index (κ1) is 13.6. The van der Waals surface area contributed by atoms with Crippen LogP contribution in [-0.4, -0.2) is 24.0 Å². The molecule has 3 N–H and O–H groups in total. The van der Waals surface area contributed by atoms with E-state index in [1.165, 1.54) is 0 Å². The topological polar surface area (TPSA) is 68.0 Å². The SMILES string of the molecule is CCCCCNC(=O)c1ccnc(CCN)c1. The highest BCUT2D eigenvalue weighted by molar-refractivity contribution is 5.94. The second-order valence-corrected chi connectivity index (χ2v) is 4.04. The van der Waals surface area contributed by atoms with Gasteiger partial charge < -0.3 is 11.1 Å². The van der Waals surface area contributed by atoms with E-state index in [4.69, 9.17) is 5.73 Å². The Labute approximate surface area is 103 Å². The van der Waals surface area contributed by atoms with Crippen LogP contribution >= 0.6 is 0 Å². The number of nitrogens with two attached hydrogens (primary N) is 1. The molecule has 0 aromatic carbocycles. The minimum atomic E-state index is -0.0261. The average molecular weight is 235 g/mol. The van der Waals surface area contributed by atoms with E-state index in [0.29, 0.717) is 18.5 Å². The van der Waals surface area contributed by atoms with E-state index in [0.717, 1.165) is 31.5 Å². The van der Waals surface area contributed by atoms with Gasteiger partial charge in [0.05, 0.1) is 0 Å². The molecule has 0 bridgehead atoms. The zero-order valence-electron chi connectivity index (χ0n) is 10.4. The first-order chi connectivity index (χ1) is 8.27. The summed E-state index contributed by atoms with van der Waals surface area (Å²) in [7, 11) is 0. The molecular weight excluding hydrogens is 214 g/mol. The predicted molar refractivity (Wildman–Crippen MR) is 68.9 cm³/mol. The molecule has 1 aromatic rings.